The van der Waals surface area contributed by atoms with E-state index < -0.39 is 8.03 Å². The first-order chi connectivity index (χ1) is 7.87. The summed E-state index contributed by atoms with van der Waals surface area (Å²) >= 11 is 0. The number of benzene rings is 1. The van der Waals surface area contributed by atoms with E-state index >= 15 is 0 Å². The summed E-state index contributed by atoms with van der Waals surface area (Å²) in [6.07, 6.45) is 0.488. The molecule has 0 aliphatic rings. The number of nitrogens with zero attached hydrogens (tertiary/aromatic N) is 1. The summed E-state index contributed by atoms with van der Waals surface area (Å²) in [4.78, 5) is 0. The summed E-state index contributed by atoms with van der Waals surface area (Å²) in [5.41, 5.74) is 7.31. The molecule has 0 radical (unpaired) electrons. The minimum Gasteiger partial charge on any atom is -0.399 e. The fraction of sp³-hybridized carbons (Fsp3) is 0.500. The van der Waals surface area contributed by atoms with Crippen molar-refractivity contribution in [3.8, 4) is 0 Å². The van der Waals surface area contributed by atoms with Crippen LogP contribution in [0.3, 0.4) is 0 Å². The fourth-order valence-corrected chi connectivity index (χ4v) is 2.28. The number of anilines is 1. The second-order valence-electron chi connectivity index (χ2n) is 5.15. The Morgan fingerprint density at radius 2 is 1.82 bits per heavy atom. The molecule has 17 heavy (non-hydrogen) atoms. The number of nitrogens with two attached hydrogens (primary N) is 1. The molecule has 0 aromatic heterocycles. The van der Waals surface area contributed by atoms with E-state index in [2.05, 4.69) is 21.1 Å². The third-order valence-electron chi connectivity index (χ3n) is 2.35. The van der Waals surface area contributed by atoms with Crippen LogP contribution in [0.25, 0.3) is 0 Å². The van der Waals surface area contributed by atoms with E-state index in [1.165, 1.54) is 0 Å². The number of rotatable bonds is 6. The minimum atomic E-state index is -1.98. The molecule has 0 aliphatic carbocycles. The van der Waals surface area contributed by atoms with E-state index in [0.29, 0.717) is 12.8 Å². The van der Waals surface area contributed by atoms with Gasteiger partial charge >= 0.3 is 0 Å². The fourth-order valence-electron chi connectivity index (χ4n) is 1.29. The lowest BCUT2D eigenvalue weighted by molar-refractivity contribution is -0.870. The van der Waals surface area contributed by atoms with Gasteiger partial charge in [-0.1, -0.05) is 12.1 Å². The quantitative estimate of drug-likeness (QED) is 0.481. The van der Waals surface area contributed by atoms with Gasteiger partial charge < -0.3 is 14.7 Å². The summed E-state index contributed by atoms with van der Waals surface area (Å²) < 4.78 is 17.9. The van der Waals surface area contributed by atoms with Crippen molar-refractivity contribution in [2.75, 3.05) is 40.0 Å². The van der Waals surface area contributed by atoms with Crippen LogP contribution in [-0.4, -0.2) is 38.8 Å². The third kappa shape index (κ3) is 6.47. The molecule has 1 aromatic carbocycles. The molecule has 0 saturated heterocycles. The van der Waals surface area contributed by atoms with Crippen molar-refractivity contribution in [3.05, 3.63) is 29.8 Å². The molecule has 1 aromatic rings. The van der Waals surface area contributed by atoms with Gasteiger partial charge in [0.05, 0.1) is 21.1 Å². The zero-order valence-corrected chi connectivity index (χ0v) is 11.8. The van der Waals surface area contributed by atoms with Gasteiger partial charge in [-0.3, -0.25) is 4.57 Å². The number of nitrogen functional groups attached to an aromatic ring is 1. The van der Waals surface area contributed by atoms with E-state index in [1.54, 1.807) is 0 Å². The van der Waals surface area contributed by atoms with Crippen molar-refractivity contribution in [3.63, 3.8) is 0 Å². The predicted octanol–water partition coefficient (Wildman–Crippen LogP) is 1.97. The van der Waals surface area contributed by atoms with Gasteiger partial charge in [0.25, 0.3) is 0 Å². The van der Waals surface area contributed by atoms with Gasteiger partial charge in [-0.15, -0.1) is 0 Å². The maximum atomic E-state index is 11.7. The largest absolute Gasteiger partial charge is 0.399 e. The molecule has 1 rings (SSSR count). The molecule has 0 amide bonds. The van der Waals surface area contributed by atoms with Gasteiger partial charge in [0.15, 0.2) is 8.03 Å². The van der Waals surface area contributed by atoms with Crippen molar-refractivity contribution in [1.29, 1.82) is 0 Å². The summed E-state index contributed by atoms with van der Waals surface area (Å²) in [6.45, 7) is 1.40. The van der Waals surface area contributed by atoms with Crippen molar-refractivity contribution in [1.82, 2.24) is 0 Å². The Morgan fingerprint density at radius 3 is 2.35 bits per heavy atom. The normalized spacial score (nSPS) is 13.6. The lowest BCUT2D eigenvalue weighted by Gasteiger charge is -2.23. The lowest BCUT2D eigenvalue weighted by atomic mass is 10.2. The highest BCUT2D eigenvalue weighted by molar-refractivity contribution is 7.38. The van der Waals surface area contributed by atoms with Crippen LogP contribution in [0.2, 0.25) is 0 Å². The Balaban J connectivity index is 2.32. The molecule has 0 fully saturated rings. The summed E-state index contributed by atoms with van der Waals surface area (Å²) in [5.74, 6) is 0. The molecule has 2 N–H and O–H groups in total. The summed E-state index contributed by atoms with van der Waals surface area (Å²) in [7, 11) is 4.27. The molecule has 0 spiro atoms. The maximum Gasteiger partial charge on any atom is 0.196 e. The smallest absolute Gasteiger partial charge is 0.196 e. The molecule has 4 nitrogen and oxygen atoms in total. The SMILES string of the molecule is C[N+](C)(C)CCO[PH](=O)Cc1ccc(N)cc1. The van der Waals surface area contributed by atoms with Crippen molar-refractivity contribution in [2.45, 2.75) is 6.16 Å². The van der Waals surface area contributed by atoms with E-state index in [-0.39, 0.29) is 0 Å². The van der Waals surface area contributed by atoms with E-state index in [0.717, 1.165) is 22.3 Å². The predicted molar refractivity (Wildman–Crippen MR) is 72.4 cm³/mol. The Labute approximate surface area is 104 Å². The second kappa shape index (κ2) is 6.20. The molecule has 0 heterocycles. The molecule has 0 aliphatic heterocycles. The van der Waals surface area contributed by atoms with Crippen LogP contribution >= 0.6 is 8.03 Å². The van der Waals surface area contributed by atoms with Gasteiger partial charge in [-0.2, -0.15) is 0 Å². The number of likely N-dealkylation sites (N-methyl/N-ethyl adjacent to an activating group) is 1. The van der Waals surface area contributed by atoms with E-state index in [9.17, 15) is 4.57 Å². The third-order valence-corrected chi connectivity index (χ3v) is 3.58. The summed E-state index contributed by atoms with van der Waals surface area (Å²) in [6, 6.07) is 7.41. The van der Waals surface area contributed by atoms with Crippen LogP contribution in [-0.2, 0) is 15.3 Å². The van der Waals surface area contributed by atoms with Gasteiger partial charge in [0.2, 0.25) is 0 Å². The Kier molecular flexibility index (Phi) is 5.19. The van der Waals surface area contributed by atoms with Crippen LogP contribution in [0.15, 0.2) is 24.3 Å². The van der Waals surface area contributed by atoms with E-state index in [1.807, 2.05) is 24.3 Å². The first kappa shape index (κ1) is 14.2. The molecule has 0 saturated carbocycles. The number of hydrogen-bond acceptors (Lipinski definition) is 3. The number of quaternary nitrogens is 1. The van der Waals surface area contributed by atoms with Gasteiger partial charge in [0, 0.05) is 11.8 Å². The highest BCUT2D eigenvalue weighted by Gasteiger charge is 2.08. The molecular weight excluding hydrogens is 235 g/mol. The zero-order valence-electron chi connectivity index (χ0n) is 10.8. The molecule has 5 heteroatoms. The van der Waals surface area contributed by atoms with Crippen LogP contribution in [0.1, 0.15) is 5.56 Å². The first-order valence-corrected chi connectivity index (χ1v) is 7.20. The second-order valence-corrected chi connectivity index (χ2v) is 6.54. The standard InChI is InChI=1S/C12H22N2O2P/c1-14(2,3)8-9-16-17(15)10-11-4-6-12(13)7-5-11/h4-7,17H,8-10,13H2,1-3H3/q+1. The van der Waals surface area contributed by atoms with Gasteiger partial charge in [0.1, 0.15) is 13.2 Å². The topological polar surface area (TPSA) is 52.3 Å². The molecule has 1 unspecified atom stereocenters. The molecule has 96 valence electrons. The molecule has 0 bridgehead atoms. The number of hydrogen-bond donors (Lipinski definition) is 1. The van der Waals surface area contributed by atoms with Crippen LogP contribution in [0.5, 0.6) is 0 Å². The minimum absolute atomic E-state index is 0.488. The Bertz CT molecular complexity index is 371. The van der Waals surface area contributed by atoms with Crippen molar-refractivity contribution >= 4 is 13.7 Å². The van der Waals surface area contributed by atoms with Crippen LogP contribution < -0.4 is 5.73 Å². The van der Waals surface area contributed by atoms with E-state index in [4.69, 9.17) is 10.3 Å². The van der Waals surface area contributed by atoms with Crippen LogP contribution in [0.4, 0.5) is 5.69 Å². The molecule has 1 atom stereocenters. The highest BCUT2D eigenvalue weighted by Crippen LogP contribution is 2.28. The highest BCUT2D eigenvalue weighted by atomic mass is 31.1. The van der Waals surface area contributed by atoms with Gasteiger partial charge in [-0.05, 0) is 17.7 Å². The monoisotopic (exact) mass is 257 g/mol. The maximum absolute atomic E-state index is 11.7. The van der Waals surface area contributed by atoms with Crippen molar-refractivity contribution < 1.29 is 13.6 Å². The Hall–Kier alpha value is -0.830. The average molecular weight is 257 g/mol. The average Bonchev–Trinajstić information content (AvgIpc) is 2.19. The zero-order chi connectivity index (χ0) is 12.9. The van der Waals surface area contributed by atoms with Crippen molar-refractivity contribution in [2.24, 2.45) is 0 Å². The molecular formula is C12H22N2O2P+. The Morgan fingerprint density at radius 1 is 1.24 bits per heavy atom. The lowest BCUT2D eigenvalue weighted by Crippen LogP contribution is -2.37. The first-order valence-electron chi connectivity index (χ1n) is 5.67. The summed E-state index contributed by atoms with van der Waals surface area (Å²) in [5, 5.41) is 0. The van der Waals surface area contributed by atoms with Crippen LogP contribution in [0, 0.1) is 0 Å². The van der Waals surface area contributed by atoms with Gasteiger partial charge in [-0.25, -0.2) is 0 Å².